The molecule has 0 saturated carbocycles. The van der Waals surface area contributed by atoms with E-state index in [1.54, 1.807) is 48.5 Å². The monoisotopic (exact) mass is 346 g/mol. The van der Waals surface area contributed by atoms with Gasteiger partial charge in [-0.25, -0.2) is 0 Å². The lowest BCUT2D eigenvalue weighted by atomic mass is 10.2. The molecule has 6 heteroatoms. The Kier molecular flexibility index (Phi) is 6.21. The number of hydrogen-bond acceptors (Lipinski definition) is 3. The van der Waals surface area contributed by atoms with Crippen LogP contribution in [0.4, 0.5) is 0 Å². The van der Waals surface area contributed by atoms with Crippen LogP contribution >= 0.6 is 11.6 Å². The molecule has 0 bridgehead atoms. The Balaban J connectivity index is 1.93. The van der Waals surface area contributed by atoms with Crippen LogP contribution in [-0.2, 0) is 0 Å². The van der Waals surface area contributed by atoms with E-state index in [2.05, 4.69) is 10.9 Å². The molecule has 24 heavy (non-hydrogen) atoms. The molecule has 2 aromatic carbocycles. The van der Waals surface area contributed by atoms with Gasteiger partial charge in [0.15, 0.2) is 0 Å². The Bertz CT molecular complexity index is 714. The van der Waals surface area contributed by atoms with Gasteiger partial charge in [-0.1, -0.05) is 31.5 Å². The van der Waals surface area contributed by atoms with Crippen LogP contribution in [0.3, 0.4) is 0 Å². The van der Waals surface area contributed by atoms with E-state index in [-0.39, 0.29) is 0 Å². The fraction of sp³-hybridized carbons (Fsp3) is 0.222. The zero-order valence-corrected chi connectivity index (χ0v) is 14.3. The molecule has 0 aromatic heterocycles. The molecule has 0 spiro atoms. The Labute approximate surface area is 145 Å². The number of hydrogen-bond donors (Lipinski definition) is 2. The van der Waals surface area contributed by atoms with Crippen molar-refractivity contribution in [1.29, 1.82) is 0 Å². The van der Waals surface area contributed by atoms with Crippen molar-refractivity contribution in [2.75, 3.05) is 6.61 Å². The lowest BCUT2D eigenvalue weighted by molar-refractivity contribution is 0.0846. The average molecular weight is 347 g/mol. The third kappa shape index (κ3) is 5.28. The van der Waals surface area contributed by atoms with Crippen molar-refractivity contribution in [2.45, 2.75) is 13.8 Å². The van der Waals surface area contributed by atoms with Crippen molar-refractivity contribution >= 4 is 23.4 Å². The molecule has 0 heterocycles. The first-order valence-corrected chi connectivity index (χ1v) is 7.92. The maximum Gasteiger partial charge on any atom is 0.269 e. The average Bonchev–Trinajstić information content (AvgIpc) is 2.58. The highest BCUT2D eigenvalue weighted by Crippen LogP contribution is 2.14. The van der Waals surface area contributed by atoms with Gasteiger partial charge in [0.05, 0.1) is 6.61 Å². The van der Waals surface area contributed by atoms with Crippen LogP contribution in [0.15, 0.2) is 48.5 Å². The molecule has 0 aliphatic heterocycles. The standard InChI is InChI=1S/C18H19ClN2O3/c1-12(2)11-24-16-5-3-4-14(10-16)18(23)21-20-17(22)13-6-8-15(19)9-7-13/h3-10,12H,11H2,1-2H3,(H,20,22)(H,21,23). The Morgan fingerprint density at radius 1 is 1.00 bits per heavy atom. The van der Waals surface area contributed by atoms with Gasteiger partial charge in [-0.05, 0) is 48.4 Å². The van der Waals surface area contributed by atoms with E-state index in [1.807, 2.05) is 13.8 Å². The zero-order chi connectivity index (χ0) is 17.5. The van der Waals surface area contributed by atoms with E-state index < -0.39 is 11.8 Å². The molecule has 0 aliphatic rings. The summed E-state index contributed by atoms with van der Waals surface area (Å²) in [6, 6.07) is 13.1. The number of benzene rings is 2. The molecule has 2 amide bonds. The summed E-state index contributed by atoms with van der Waals surface area (Å²) in [5.41, 5.74) is 5.53. The van der Waals surface area contributed by atoms with Gasteiger partial charge in [-0.15, -0.1) is 0 Å². The summed E-state index contributed by atoms with van der Waals surface area (Å²) in [5.74, 6) is 0.154. The number of ether oxygens (including phenoxy) is 1. The van der Waals surface area contributed by atoms with Gasteiger partial charge in [0.1, 0.15) is 5.75 Å². The van der Waals surface area contributed by atoms with E-state index >= 15 is 0 Å². The van der Waals surface area contributed by atoms with Gasteiger partial charge in [0.25, 0.3) is 11.8 Å². The quantitative estimate of drug-likeness (QED) is 0.815. The van der Waals surface area contributed by atoms with Gasteiger partial charge in [-0.2, -0.15) is 0 Å². The van der Waals surface area contributed by atoms with Crippen LogP contribution in [0.2, 0.25) is 5.02 Å². The SMILES string of the molecule is CC(C)COc1cccc(C(=O)NNC(=O)c2ccc(Cl)cc2)c1. The molecule has 0 radical (unpaired) electrons. The molecule has 0 aliphatic carbocycles. The zero-order valence-electron chi connectivity index (χ0n) is 13.5. The fourth-order valence-electron chi connectivity index (χ4n) is 1.85. The summed E-state index contributed by atoms with van der Waals surface area (Å²) >= 11 is 5.77. The van der Waals surface area contributed by atoms with E-state index in [4.69, 9.17) is 16.3 Å². The van der Waals surface area contributed by atoms with Crippen LogP contribution in [0.5, 0.6) is 5.75 Å². The second kappa shape index (κ2) is 8.36. The van der Waals surface area contributed by atoms with E-state index in [9.17, 15) is 9.59 Å². The highest BCUT2D eigenvalue weighted by Gasteiger charge is 2.10. The maximum atomic E-state index is 12.1. The van der Waals surface area contributed by atoms with Gasteiger partial charge < -0.3 is 4.74 Å². The molecule has 2 aromatic rings. The Hall–Kier alpha value is -2.53. The van der Waals surface area contributed by atoms with Crippen LogP contribution in [0.25, 0.3) is 0 Å². The normalized spacial score (nSPS) is 10.3. The van der Waals surface area contributed by atoms with Crippen molar-refractivity contribution in [3.05, 3.63) is 64.7 Å². The maximum absolute atomic E-state index is 12.1. The highest BCUT2D eigenvalue weighted by atomic mass is 35.5. The molecule has 0 fully saturated rings. The number of nitrogens with one attached hydrogen (secondary N) is 2. The minimum Gasteiger partial charge on any atom is -0.493 e. The van der Waals surface area contributed by atoms with Crippen LogP contribution in [0, 0.1) is 5.92 Å². The molecule has 126 valence electrons. The molecular weight excluding hydrogens is 328 g/mol. The smallest absolute Gasteiger partial charge is 0.269 e. The van der Waals surface area contributed by atoms with Crippen LogP contribution in [-0.4, -0.2) is 18.4 Å². The first-order valence-electron chi connectivity index (χ1n) is 7.55. The highest BCUT2D eigenvalue weighted by molar-refractivity contribution is 6.30. The summed E-state index contributed by atoms with van der Waals surface area (Å²) in [5, 5.41) is 0.536. The predicted octanol–water partition coefficient (Wildman–Crippen LogP) is 3.45. The summed E-state index contributed by atoms with van der Waals surface area (Å²) in [7, 11) is 0. The van der Waals surface area contributed by atoms with Crippen molar-refractivity contribution in [2.24, 2.45) is 5.92 Å². The summed E-state index contributed by atoms with van der Waals surface area (Å²) in [6.07, 6.45) is 0. The molecule has 0 unspecified atom stereocenters. The fourth-order valence-corrected chi connectivity index (χ4v) is 1.98. The number of halogens is 1. The molecule has 5 nitrogen and oxygen atoms in total. The number of carbonyl (C=O) groups is 2. The number of carbonyl (C=O) groups excluding carboxylic acids is 2. The third-order valence-electron chi connectivity index (χ3n) is 3.08. The number of amides is 2. The van der Waals surface area contributed by atoms with E-state index in [1.165, 1.54) is 0 Å². The first-order chi connectivity index (χ1) is 11.5. The minimum atomic E-state index is -0.424. The lowest BCUT2D eigenvalue weighted by Gasteiger charge is -2.11. The molecular formula is C18H19ClN2O3. The minimum absolute atomic E-state index is 0.390. The van der Waals surface area contributed by atoms with Crippen molar-refractivity contribution in [1.82, 2.24) is 10.9 Å². The van der Waals surface area contributed by atoms with Gasteiger partial charge >= 0.3 is 0 Å². The predicted molar refractivity (Wildman–Crippen MR) is 93.2 cm³/mol. The van der Waals surface area contributed by atoms with Crippen molar-refractivity contribution in [3.63, 3.8) is 0 Å². The summed E-state index contributed by atoms with van der Waals surface area (Å²) in [4.78, 5) is 24.1. The van der Waals surface area contributed by atoms with E-state index in [0.717, 1.165) is 0 Å². The topological polar surface area (TPSA) is 67.4 Å². The molecule has 0 saturated heterocycles. The largest absolute Gasteiger partial charge is 0.493 e. The molecule has 0 atom stereocenters. The molecule has 2 N–H and O–H groups in total. The second-order valence-electron chi connectivity index (χ2n) is 5.65. The first kappa shape index (κ1) is 17.8. The van der Waals surface area contributed by atoms with Gasteiger partial charge in [0.2, 0.25) is 0 Å². The number of hydrazine groups is 1. The summed E-state index contributed by atoms with van der Waals surface area (Å²) < 4.78 is 5.58. The second-order valence-corrected chi connectivity index (χ2v) is 6.08. The van der Waals surface area contributed by atoms with E-state index in [0.29, 0.717) is 34.4 Å². The van der Waals surface area contributed by atoms with Gasteiger partial charge in [0, 0.05) is 16.1 Å². The third-order valence-corrected chi connectivity index (χ3v) is 3.33. The number of rotatable bonds is 5. The van der Waals surface area contributed by atoms with Crippen molar-refractivity contribution in [3.8, 4) is 5.75 Å². The van der Waals surface area contributed by atoms with Crippen LogP contribution < -0.4 is 15.6 Å². The van der Waals surface area contributed by atoms with Crippen molar-refractivity contribution < 1.29 is 14.3 Å². The summed E-state index contributed by atoms with van der Waals surface area (Å²) in [6.45, 7) is 4.66. The molecule has 2 rings (SSSR count). The Morgan fingerprint density at radius 3 is 2.25 bits per heavy atom. The van der Waals surface area contributed by atoms with Crippen LogP contribution in [0.1, 0.15) is 34.6 Å². The lowest BCUT2D eigenvalue weighted by Crippen LogP contribution is -2.41. The van der Waals surface area contributed by atoms with Gasteiger partial charge in [-0.3, -0.25) is 20.4 Å². The Morgan fingerprint density at radius 2 is 1.62 bits per heavy atom.